The number of ether oxygens (including phenoxy) is 1. The third kappa shape index (κ3) is 4.38. The SMILES string of the molecule is COc1ccc(N2CCN(c3ncnc(Nc4cccc(Cl)c4C)c3[N+](=O)[O-])CC2)cc1. The van der Waals surface area contributed by atoms with Gasteiger partial charge in [-0.05, 0) is 48.9 Å². The van der Waals surface area contributed by atoms with Crippen LogP contribution < -0.4 is 19.9 Å². The van der Waals surface area contributed by atoms with Crippen LogP contribution in [0.2, 0.25) is 5.02 Å². The molecule has 1 aromatic heterocycles. The van der Waals surface area contributed by atoms with Crippen LogP contribution in [0.1, 0.15) is 5.56 Å². The largest absolute Gasteiger partial charge is 0.497 e. The Morgan fingerprint density at radius 3 is 2.41 bits per heavy atom. The first kappa shape index (κ1) is 21.6. The second kappa shape index (κ2) is 9.27. The lowest BCUT2D eigenvalue weighted by Crippen LogP contribution is -2.47. The van der Waals surface area contributed by atoms with E-state index >= 15 is 0 Å². The number of nitrogens with zero attached hydrogens (tertiary/aromatic N) is 5. The molecule has 166 valence electrons. The summed E-state index contributed by atoms with van der Waals surface area (Å²) in [6, 6.07) is 13.2. The van der Waals surface area contributed by atoms with Crippen LogP contribution in [-0.4, -0.2) is 48.2 Å². The monoisotopic (exact) mass is 454 g/mol. The molecule has 0 amide bonds. The smallest absolute Gasteiger partial charge is 0.353 e. The maximum Gasteiger partial charge on any atom is 0.353 e. The second-order valence-electron chi connectivity index (χ2n) is 7.36. The van der Waals surface area contributed by atoms with Crippen LogP contribution in [0.25, 0.3) is 0 Å². The molecule has 1 aliphatic heterocycles. The van der Waals surface area contributed by atoms with E-state index in [4.69, 9.17) is 16.3 Å². The second-order valence-corrected chi connectivity index (χ2v) is 7.77. The Balaban J connectivity index is 1.55. The fourth-order valence-electron chi connectivity index (χ4n) is 3.70. The van der Waals surface area contributed by atoms with Gasteiger partial charge in [0.05, 0.1) is 12.0 Å². The Bertz CT molecular complexity index is 1120. The summed E-state index contributed by atoms with van der Waals surface area (Å²) in [7, 11) is 1.64. The summed E-state index contributed by atoms with van der Waals surface area (Å²) in [6.07, 6.45) is 1.35. The van der Waals surface area contributed by atoms with E-state index in [-0.39, 0.29) is 11.5 Å². The molecule has 0 bridgehead atoms. The molecule has 0 spiro atoms. The molecule has 1 N–H and O–H groups in total. The van der Waals surface area contributed by atoms with E-state index < -0.39 is 4.92 Å². The molecule has 0 radical (unpaired) electrons. The van der Waals surface area contributed by atoms with Gasteiger partial charge in [-0.25, -0.2) is 9.97 Å². The normalized spacial score (nSPS) is 13.7. The Hall–Kier alpha value is -3.59. The number of aromatic nitrogens is 2. The zero-order valence-corrected chi connectivity index (χ0v) is 18.5. The minimum Gasteiger partial charge on any atom is -0.497 e. The first-order valence-corrected chi connectivity index (χ1v) is 10.5. The molecule has 0 aliphatic carbocycles. The minimum absolute atomic E-state index is 0.142. The molecule has 32 heavy (non-hydrogen) atoms. The topological polar surface area (TPSA) is 96.7 Å². The molecule has 2 heterocycles. The van der Waals surface area contributed by atoms with Crippen molar-refractivity contribution in [2.24, 2.45) is 0 Å². The molecule has 3 aromatic rings. The lowest BCUT2D eigenvalue weighted by Gasteiger charge is -2.36. The minimum atomic E-state index is -0.437. The number of anilines is 4. The van der Waals surface area contributed by atoms with Crippen molar-refractivity contribution in [3.05, 3.63) is 69.5 Å². The molecule has 2 aromatic carbocycles. The Kier molecular flexibility index (Phi) is 6.27. The quantitative estimate of drug-likeness (QED) is 0.431. The van der Waals surface area contributed by atoms with E-state index in [0.717, 1.165) is 17.0 Å². The van der Waals surface area contributed by atoms with Crippen molar-refractivity contribution in [3.8, 4) is 5.75 Å². The zero-order valence-electron chi connectivity index (χ0n) is 17.8. The average Bonchev–Trinajstić information content (AvgIpc) is 2.82. The molecular formula is C22H23ClN6O3. The molecule has 10 heteroatoms. The van der Waals surface area contributed by atoms with Crippen LogP contribution in [0.5, 0.6) is 5.75 Å². The fraction of sp³-hybridized carbons (Fsp3) is 0.273. The molecule has 1 aliphatic rings. The summed E-state index contributed by atoms with van der Waals surface area (Å²) in [5, 5.41) is 15.6. The third-order valence-electron chi connectivity index (χ3n) is 5.52. The van der Waals surface area contributed by atoms with Gasteiger partial charge in [0.15, 0.2) is 0 Å². The molecule has 4 rings (SSSR count). The number of nitro groups is 1. The first-order chi connectivity index (χ1) is 15.5. The zero-order chi connectivity index (χ0) is 22.7. The van der Waals surface area contributed by atoms with Crippen LogP contribution in [0.3, 0.4) is 0 Å². The maximum atomic E-state index is 12.0. The Labute approximate surface area is 190 Å². The molecule has 1 fully saturated rings. The molecular weight excluding hydrogens is 432 g/mol. The van der Waals surface area contributed by atoms with Gasteiger partial charge in [-0.1, -0.05) is 17.7 Å². The van der Waals surface area contributed by atoms with Gasteiger partial charge in [0.25, 0.3) is 0 Å². The van der Waals surface area contributed by atoms with E-state index in [1.807, 2.05) is 36.1 Å². The van der Waals surface area contributed by atoms with Gasteiger partial charge in [-0.15, -0.1) is 0 Å². The van der Waals surface area contributed by atoms with Gasteiger partial charge in [0.2, 0.25) is 11.6 Å². The average molecular weight is 455 g/mol. The van der Waals surface area contributed by atoms with E-state index in [1.165, 1.54) is 6.33 Å². The van der Waals surface area contributed by atoms with Crippen molar-refractivity contribution >= 4 is 40.3 Å². The number of halogens is 1. The summed E-state index contributed by atoms with van der Waals surface area (Å²) < 4.78 is 5.22. The van der Waals surface area contributed by atoms with Crippen LogP contribution in [0.15, 0.2) is 48.8 Å². The van der Waals surface area contributed by atoms with E-state index in [1.54, 1.807) is 25.3 Å². The van der Waals surface area contributed by atoms with Gasteiger partial charge >= 0.3 is 5.69 Å². The maximum absolute atomic E-state index is 12.0. The summed E-state index contributed by atoms with van der Waals surface area (Å²) in [4.78, 5) is 24.1. The molecule has 1 saturated heterocycles. The number of piperazine rings is 1. The van der Waals surface area contributed by atoms with Gasteiger partial charge in [-0.3, -0.25) is 10.1 Å². The van der Waals surface area contributed by atoms with Crippen LogP contribution in [-0.2, 0) is 0 Å². The lowest BCUT2D eigenvalue weighted by molar-refractivity contribution is -0.383. The third-order valence-corrected chi connectivity index (χ3v) is 5.93. The molecule has 0 atom stereocenters. The predicted molar refractivity (Wildman–Crippen MR) is 126 cm³/mol. The number of hydrogen-bond donors (Lipinski definition) is 1. The Morgan fingerprint density at radius 1 is 1.06 bits per heavy atom. The number of methoxy groups -OCH3 is 1. The molecule has 9 nitrogen and oxygen atoms in total. The number of hydrogen-bond acceptors (Lipinski definition) is 8. The highest BCUT2D eigenvalue weighted by atomic mass is 35.5. The van der Waals surface area contributed by atoms with Crippen LogP contribution in [0, 0.1) is 17.0 Å². The summed E-state index contributed by atoms with van der Waals surface area (Å²) in [5.41, 5.74) is 2.39. The van der Waals surface area contributed by atoms with Crippen molar-refractivity contribution in [2.75, 3.05) is 48.4 Å². The summed E-state index contributed by atoms with van der Waals surface area (Å²) in [5.74, 6) is 1.25. The van der Waals surface area contributed by atoms with Crippen LogP contribution >= 0.6 is 11.6 Å². The van der Waals surface area contributed by atoms with Crippen molar-refractivity contribution in [1.82, 2.24) is 9.97 Å². The van der Waals surface area contributed by atoms with Crippen molar-refractivity contribution in [1.29, 1.82) is 0 Å². The summed E-state index contributed by atoms with van der Waals surface area (Å²) >= 11 is 6.19. The standard InChI is InChI=1S/C22H23ClN6O3/c1-15-18(23)4-3-5-19(15)26-21-20(29(30)31)22(25-14-24-21)28-12-10-27(11-13-28)16-6-8-17(32-2)9-7-16/h3-9,14H,10-13H2,1-2H3,(H,24,25,26). The Morgan fingerprint density at radius 2 is 1.75 bits per heavy atom. The number of nitrogens with one attached hydrogen (secondary N) is 1. The van der Waals surface area contributed by atoms with Crippen molar-refractivity contribution in [3.63, 3.8) is 0 Å². The van der Waals surface area contributed by atoms with Crippen molar-refractivity contribution in [2.45, 2.75) is 6.92 Å². The first-order valence-electron chi connectivity index (χ1n) is 10.1. The van der Waals surface area contributed by atoms with E-state index in [9.17, 15) is 10.1 Å². The van der Waals surface area contributed by atoms with Gasteiger partial charge in [0, 0.05) is 42.6 Å². The van der Waals surface area contributed by atoms with Crippen molar-refractivity contribution < 1.29 is 9.66 Å². The highest BCUT2D eigenvalue weighted by Gasteiger charge is 2.29. The van der Waals surface area contributed by atoms with Gasteiger partial charge < -0.3 is 19.9 Å². The number of benzene rings is 2. The van der Waals surface area contributed by atoms with Gasteiger partial charge in [0.1, 0.15) is 12.1 Å². The van der Waals surface area contributed by atoms with Crippen LogP contribution in [0.4, 0.5) is 28.7 Å². The highest BCUT2D eigenvalue weighted by molar-refractivity contribution is 6.31. The molecule has 0 unspecified atom stereocenters. The lowest BCUT2D eigenvalue weighted by atomic mass is 10.2. The fourth-order valence-corrected chi connectivity index (χ4v) is 3.87. The van der Waals surface area contributed by atoms with Gasteiger partial charge in [-0.2, -0.15) is 0 Å². The predicted octanol–water partition coefficient (Wildman–Crippen LogP) is 4.43. The number of rotatable bonds is 6. The van der Waals surface area contributed by atoms with E-state index in [0.29, 0.717) is 42.7 Å². The summed E-state index contributed by atoms with van der Waals surface area (Å²) in [6.45, 7) is 4.46. The highest BCUT2D eigenvalue weighted by Crippen LogP contribution is 2.35. The van der Waals surface area contributed by atoms with E-state index in [2.05, 4.69) is 20.2 Å². The molecule has 0 saturated carbocycles.